The minimum atomic E-state index is 0.110. The van der Waals surface area contributed by atoms with E-state index < -0.39 is 0 Å². The summed E-state index contributed by atoms with van der Waals surface area (Å²) in [5.41, 5.74) is 1.94. The van der Waals surface area contributed by atoms with Crippen LogP contribution in [0.15, 0.2) is 47.6 Å². The number of nitrogens with zero attached hydrogens (tertiary/aromatic N) is 2. The number of anilines is 1. The maximum absolute atomic E-state index is 5.73. The van der Waals surface area contributed by atoms with Gasteiger partial charge in [0.1, 0.15) is 5.75 Å². The number of guanidine groups is 1. The molecule has 1 aromatic heterocycles. The summed E-state index contributed by atoms with van der Waals surface area (Å²) >= 11 is 0. The fourth-order valence-corrected chi connectivity index (χ4v) is 2.39. The average molecular weight is 386 g/mol. The molecule has 0 aliphatic heterocycles. The van der Waals surface area contributed by atoms with Gasteiger partial charge in [-0.15, -0.1) is 0 Å². The minimum absolute atomic E-state index is 0.110. The Bertz CT molecular complexity index is 733. The van der Waals surface area contributed by atoms with Crippen molar-refractivity contribution in [1.29, 1.82) is 0 Å². The number of pyridine rings is 1. The van der Waals surface area contributed by atoms with Gasteiger partial charge in [-0.3, -0.25) is 4.99 Å². The first-order valence-electron chi connectivity index (χ1n) is 9.41. The highest BCUT2D eigenvalue weighted by Gasteiger charge is 2.03. The molecule has 2 rings (SSSR count). The summed E-state index contributed by atoms with van der Waals surface area (Å²) in [5, 5.41) is 6.54. The molecule has 0 atom stereocenters. The third kappa shape index (κ3) is 7.84. The molecule has 1 aromatic carbocycles. The molecule has 152 valence electrons. The van der Waals surface area contributed by atoms with Crippen LogP contribution in [0.25, 0.3) is 0 Å². The first-order valence-corrected chi connectivity index (χ1v) is 9.41. The zero-order valence-corrected chi connectivity index (χ0v) is 17.1. The smallest absolute Gasteiger partial charge is 0.213 e. The van der Waals surface area contributed by atoms with E-state index in [-0.39, 0.29) is 6.10 Å². The predicted molar refractivity (Wildman–Crippen MR) is 112 cm³/mol. The number of rotatable bonds is 10. The van der Waals surface area contributed by atoms with Crippen LogP contribution in [0.2, 0.25) is 0 Å². The summed E-state index contributed by atoms with van der Waals surface area (Å²) in [6.07, 6.45) is 2.76. The summed E-state index contributed by atoms with van der Waals surface area (Å²) in [7, 11) is 3.42. The highest BCUT2D eigenvalue weighted by Crippen LogP contribution is 2.17. The minimum Gasteiger partial charge on any atom is -0.493 e. The van der Waals surface area contributed by atoms with Gasteiger partial charge >= 0.3 is 0 Å². The number of methoxy groups -OCH3 is 1. The van der Waals surface area contributed by atoms with Crippen molar-refractivity contribution in [3.05, 3.63) is 48.2 Å². The van der Waals surface area contributed by atoms with Gasteiger partial charge in [-0.2, -0.15) is 0 Å². The molecule has 0 unspecified atom stereocenters. The Balaban J connectivity index is 1.85. The molecular weight excluding hydrogens is 356 g/mol. The van der Waals surface area contributed by atoms with Crippen LogP contribution in [0.3, 0.4) is 0 Å². The molecule has 0 aliphatic carbocycles. The van der Waals surface area contributed by atoms with E-state index in [0.29, 0.717) is 31.6 Å². The maximum atomic E-state index is 5.73. The fourth-order valence-electron chi connectivity index (χ4n) is 2.39. The van der Waals surface area contributed by atoms with Gasteiger partial charge < -0.3 is 24.8 Å². The third-order valence-electron chi connectivity index (χ3n) is 3.70. The van der Waals surface area contributed by atoms with Crippen molar-refractivity contribution in [3.8, 4) is 11.6 Å². The molecule has 0 radical (unpaired) electrons. The molecule has 0 fully saturated rings. The number of aromatic nitrogens is 1. The van der Waals surface area contributed by atoms with E-state index >= 15 is 0 Å². The molecule has 0 amide bonds. The van der Waals surface area contributed by atoms with Crippen molar-refractivity contribution in [2.45, 2.75) is 32.9 Å². The van der Waals surface area contributed by atoms with Crippen LogP contribution in [0.1, 0.15) is 25.8 Å². The van der Waals surface area contributed by atoms with Crippen LogP contribution in [0.5, 0.6) is 11.6 Å². The number of nitrogens with one attached hydrogen (secondary N) is 2. The Labute approximate surface area is 167 Å². The summed E-state index contributed by atoms with van der Waals surface area (Å²) in [6, 6.07) is 11.6. The highest BCUT2D eigenvalue weighted by atomic mass is 16.5. The van der Waals surface area contributed by atoms with Crippen molar-refractivity contribution in [3.63, 3.8) is 0 Å². The standard InChI is InChI=1S/C21H30N4O3/c1-16(2)28-20-10-9-17(14-23-20)15-24-21(22-3)25-18-7-5-8-19(13-18)27-12-6-11-26-4/h5,7-10,13-14,16H,6,11-12,15H2,1-4H3,(H2,22,24,25). The Kier molecular flexibility index (Phi) is 9.07. The van der Waals surface area contributed by atoms with Gasteiger partial charge in [0.05, 0.1) is 12.7 Å². The first kappa shape index (κ1) is 21.5. The zero-order valence-electron chi connectivity index (χ0n) is 17.1. The largest absolute Gasteiger partial charge is 0.493 e. The number of benzene rings is 1. The number of hydrogen-bond donors (Lipinski definition) is 2. The van der Waals surface area contributed by atoms with Crippen LogP contribution in [0, 0.1) is 0 Å². The quantitative estimate of drug-likeness (QED) is 0.370. The molecule has 0 saturated carbocycles. The molecule has 0 bridgehead atoms. The Hall–Kier alpha value is -2.80. The van der Waals surface area contributed by atoms with Gasteiger partial charge in [0, 0.05) is 57.7 Å². The lowest BCUT2D eigenvalue weighted by Crippen LogP contribution is -2.30. The van der Waals surface area contributed by atoms with Gasteiger partial charge in [-0.05, 0) is 31.5 Å². The van der Waals surface area contributed by atoms with Crippen LogP contribution in [-0.4, -0.2) is 44.4 Å². The van der Waals surface area contributed by atoms with E-state index in [1.165, 1.54) is 0 Å². The molecule has 0 aliphatic rings. The van der Waals surface area contributed by atoms with Gasteiger partial charge in [0.15, 0.2) is 5.96 Å². The summed E-state index contributed by atoms with van der Waals surface area (Å²) in [4.78, 5) is 8.58. The lowest BCUT2D eigenvalue weighted by Gasteiger charge is -2.13. The third-order valence-corrected chi connectivity index (χ3v) is 3.70. The second-order valence-electron chi connectivity index (χ2n) is 6.44. The summed E-state index contributed by atoms with van der Waals surface area (Å²) in [5.74, 6) is 2.10. The zero-order chi connectivity index (χ0) is 20.2. The summed E-state index contributed by atoms with van der Waals surface area (Å²) in [6.45, 7) is 5.86. The van der Waals surface area contributed by atoms with Crippen LogP contribution < -0.4 is 20.1 Å². The van der Waals surface area contributed by atoms with Gasteiger partial charge in [-0.25, -0.2) is 4.98 Å². The molecule has 2 N–H and O–H groups in total. The van der Waals surface area contributed by atoms with Crippen molar-refractivity contribution in [1.82, 2.24) is 10.3 Å². The van der Waals surface area contributed by atoms with E-state index in [0.717, 1.165) is 23.4 Å². The van der Waals surface area contributed by atoms with E-state index in [1.54, 1.807) is 20.4 Å². The topological polar surface area (TPSA) is 77.0 Å². The molecule has 2 aromatic rings. The molecule has 7 nitrogen and oxygen atoms in total. The fraction of sp³-hybridized carbons (Fsp3) is 0.429. The SMILES string of the molecule is CN=C(NCc1ccc(OC(C)C)nc1)Nc1cccc(OCCCOC)c1. The lowest BCUT2D eigenvalue weighted by atomic mass is 10.3. The molecular formula is C21H30N4O3. The second-order valence-corrected chi connectivity index (χ2v) is 6.44. The van der Waals surface area contributed by atoms with Crippen molar-refractivity contribution in [2.24, 2.45) is 4.99 Å². The molecule has 28 heavy (non-hydrogen) atoms. The molecule has 0 spiro atoms. The molecule has 0 saturated heterocycles. The van der Waals surface area contributed by atoms with Crippen molar-refractivity contribution in [2.75, 3.05) is 32.7 Å². The second kappa shape index (κ2) is 11.8. The van der Waals surface area contributed by atoms with E-state index in [4.69, 9.17) is 14.2 Å². The van der Waals surface area contributed by atoms with Gasteiger partial charge in [0.2, 0.25) is 5.88 Å². The highest BCUT2D eigenvalue weighted by molar-refractivity contribution is 5.93. The monoisotopic (exact) mass is 386 g/mol. The average Bonchev–Trinajstić information content (AvgIpc) is 2.69. The van der Waals surface area contributed by atoms with Crippen molar-refractivity contribution >= 4 is 11.6 Å². The Morgan fingerprint density at radius 2 is 2.04 bits per heavy atom. The van der Waals surface area contributed by atoms with Crippen LogP contribution in [0.4, 0.5) is 5.69 Å². The molecule has 7 heteroatoms. The van der Waals surface area contributed by atoms with E-state index in [1.807, 2.05) is 50.2 Å². The predicted octanol–water partition coefficient (Wildman–Crippen LogP) is 3.47. The number of hydrogen-bond acceptors (Lipinski definition) is 5. The normalized spacial score (nSPS) is 11.4. The summed E-state index contributed by atoms with van der Waals surface area (Å²) < 4.78 is 16.3. The maximum Gasteiger partial charge on any atom is 0.213 e. The lowest BCUT2D eigenvalue weighted by molar-refractivity contribution is 0.172. The van der Waals surface area contributed by atoms with Gasteiger partial charge in [-0.1, -0.05) is 12.1 Å². The van der Waals surface area contributed by atoms with Crippen molar-refractivity contribution < 1.29 is 14.2 Å². The number of aliphatic imine (C=N–C) groups is 1. The number of ether oxygens (including phenoxy) is 3. The Morgan fingerprint density at radius 1 is 1.18 bits per heavy atom. The first-order chi connectivity index (χ1) is 13.6. The van der Waals surface area contributed by atoms with Gasteiger partial charge in [0.25, 0.3) is 0 Å². The van der Waals surface area contributed by atoms with E-state index in [2.05, 4.69) is 20.6 Å². The van der Waals surface area contributed by atoms with E-state index in [9.17, 15) is 0 Å². The Morgan fingerprint density at radius 3 is 2.71 bits per heavy atom. The van der Waals surface area contributed by atoms with Crippen LogP contribution in [-0.2, 0) is 11.3 Å². The van der Waals surface area contributed by atoms with Crippen LogP contribution >= 0.6 is 0 Å². The molecule has 1 heterocycles.